The van der Waals surface area contributed by atoms with Gasteiger partial charge in [-0.15, -0.1) is 0 Å². The van der Waals surface area contributed by atoms with Gasteiger partial charge in [0.2, 0.25) is 0 Å². The topological polar surface area (TPSA) is 171 Å². The molecule has 168 valence electrons. The van der Waals surface area contributed by atoms with Gasteiger partial charge in [0.05, 0.1) is 27.6 Å². The molecule has 0 radical (unpaired) electrons. The molecule has 0 bridgehead atoms. The van der Waals surface area contributed by atoms with Gasteiger partial charge in [-0.25, -0.2) is 4.79 Å². The van der Waals surface area contributed by atoms with Crippen LogP contribution in [0.25, 0.3) is 11.1 Å². The number of carbonyl (C=O) groups excluding carboxylic acids is 4. The van der Waals surface area contributed by atoms with Gasteiger partial charge in [-0.1, -0.05) is 0 Å². The molecular weight excluding hydrogens is 440 g/mol. The molecule has 3 aromatic rings. The van der Waals surface area contributed by atoms with E-state index in [2.05, 4.69) is 5.32 Å². The number of hydrogen-bond acceptors (Lipinski definition) is 9. The molecule has 0 saturated heterocycles. The molecule has 13 heteroatoms. The van der Waals surface area contributed by atoms with E-state index in [0.717, 1.165) is 21.6 Å². The van der Waals surface area contributed by atoms with Gasteiger partial charge in [0.25, 0.3) is 23.4 Å². The number of amides is 3. The van der Waals surface area contributed by atoms with Gasteiger partial charge in [-0.05, 0) is 24.3 Å². The zero-order chi connectivity index (χ0) is 23.9. The Morgan fingerprint density at radius 1 is 1.09 bits per heavy atom. The Morgan fingerprint density at radius 2 is 1.82 bits per heavy atom. The fourth-order valence-corrected chi connectivity index (χ4v) is 3.28. The molecule has 1 aromatic heterocycles. The van der Waals surface area contributed by atoms with Crippen LogP contribution in [-0.2, 0) is 20.9 Å². The van der Waals surface area contributed by atoms with Crippen LogP contribution in [0.2, 0.25) is 0 Å². The summed E-state index contributed by atoms with van der Waals surface area (Å²) in [6.45, 7) is -1.27. The number of oxazole rings is 1. The van der Waals surface area contributed by atoms with E-state index in [9.17, 15) is 34.1 Å². The van der Waals surface area contributed by atoms with Crippen LogP contribution in [0.15, 0.2) is 45.6 Å². The summed E-state index contributed by atoms with van der Waals surface area (Å²) in [5.41, 5.74) is 0.375. The van der Waals surface area contributed by atoms with E-state index < -0.39 is 47.5 Å². The van der Waals surface area contributed by atoms with Crippen molar-refractivity contribution in [1.29, 1.82) is 0 Å². The number of nitrogens with one attached hydrogen (secondary N) is 1. The number of imide groups is 1. The lowest BCUT2D eigenvalue weighted by Crippen LogP contribution is -2.26. The van der Waals surface area contributed by atoms with Gasteiger partial charge < -0.3 is 14.5 Å². The molecule has 2 aromatic carbocycles. The molecule has 4 rings (SSSR count). The zero-order valence-electron chi connectivity index (χ0n) is 16.9. The van der Waals surface area contributed by atoms with E-state index in [4.69, 9.17) is 9.15 Å². The lowest BCUT2D eigenvalue weighted by atomic mass is 10.1. The molecule has 0 aliphatic carbocycles. The largest absolute Gasteiger partial charge is 0.454 e. The third-order valence-electron chi connectivity index (χ3n) is 4.89. The maximum absolute atomic E-state index is 12.1. The third-order valence-corrected chi connectivity index (χ3v) is 4.89. The Kier molecular flexibility index (Phi) is 5.21. The molecule has 33 heavy (non-hydrogen) atoms. The second-order valence-electron chi connectivity index (χ2n) is 7.00. The van der Waals surface area contributed by atoms with Crippen molar-refractivity contribution in [2.24, 2.45) is 0 Å². The molecule has 1 aliphatic heterocycles. The number of anilines is 1. The van der Waals surface area contributed by atoms with Crippen LogP contribution in [0.5, 0.6) is 0 Å². The fourth-order valence-electron chi connectivity index (χ4n) is 3.28. The van der Waals surface area contributed by atoms with Crippen molar-refractivity contribution >= 4 is 46.2 Å². The number of fused-ring (bicyclic) bond motifs is 2. The minimum absolute atomic E-state index is 0.0740. The minimum atomic E-state index is -0.926. The Labute approximate surface area is 183 Å². The summed E-state index contributed by atoms with van der Waals surface area (Å²) in [7, 11) is 1.35. The first-order valence-electron chi connectivity index (χ1n) is 9.35. The normalized spacial score (nSPS) is 12.7. The summed E-state index contributed by atoms with van der Waals surface area (Å²) in [5.74, 6) is -3.51. The summed E-state index contributed by atoms with van der Waals surface area (Å²) in [6, 6.07) is 7.64. The number of rotatable bonds is 6. The van der Waals surface area contributed by atoms with Crippen LogP contribution in [0.1, 0.15) is 20.7 Å². The van der Waals surface area contributed by atoms with Crippen molar-refractivity contribution < 1.29 is 33.3 Å². The van der Waals surface area contributed by atoms with Gasteiger partial charge in [0, 0.05) is 18.8 Å². The van der Waals surface area contributed by atoms with Gasteiger partial charge >= 0.3 is 11.7 Å². The average molecular weight is 454 g/mol. The first-order valence-corrected chi connectivity index (χ1v) is 9.35. The number of nitrogens with zero attached hydrogens (tertiary/aromatic N) is 3. The maximum Gasteiger partial charge on any atom is 0.420 e. The highest BCUT2D eigenvalue weighted by Gasteiger charge is 2.32. The van der Waals surface area contributed by atoms with Gasteiger partial charge in [-0.3, -0.25) is 38.8 Å². The molecule has 1 aliphatic rings. The molecule has 3 amide bonds. The van der Waals surface area contributed by atoms with Gasteiger partial charge in [0.15, 0.2) is 12.2 Å². The smallest absolute Gasteiger partial charge is 0.420 e. The quantitative estimate of drug-likeness (QED) is 0.246. The Balaban J connectivity index is 1.38. The summed E-state index contributed by atoms with van der Waals surface area (Å²) in [5, 5.41) is 13.3. The molecule has 0 spiro atoms. The number of aromatic nitrogens is 1. The van der Waals surface area contributed by atoms with Crippen LogP contribution >= 0.6 is 0 Å². The van der Waals surface area contributed by atoms with Crippen molar-refractivity contribution in [2.75, 3.05) is 19.0 Å². The first kappa shape index (κ1) is 21.4. The van der Waals surface area contributed by atoms with Crippen molar-refractivity contribution in [1.82, 2.24) is 9.47 Å². The molecule has 0 unspecified atom stereocenters. The summed E-state index contributed by atoms with van der Waals surface area (Å²) in [4.78, 5) is 71.3. The van der Waals surface area contributed by atoms with Crippen molar-refractivity contribution in [3.8, 4) is 0 Å². The molecule has 13 nitrogen and oxygen atoms in total. The second kappa shape index (κ2) is 8.03. The molecule has 1 N–H and O–H groups in total. The predicted molar refractivity (Wildman–Crippen MR) is 110 cm³/mol. The highest BCUT2D eigenvalue weighted by atomic mass is 16.6. The molecule has 0 atom stereocenters. The number of benzene rings is 2. The number of nitro benzene ring substituents is 1. The molecular formula is C20H14N4O9. The SMILES string of the molecule is CN1C(=O)c2ccc(NC(=O)COC(=O)Cn3c(=O)oc4cc([N+](=O)[O-])ccc43)cc2C1=O. The second-order valence-corrected chi connectivity index (χ2v) is 7.00. The predicted octanol–water partition coefficient (Wildman–Crippen LogP) is 0.910. The van der Waals surface area contributed by atoms with Gasteiger partial charge in [0.1, 0.15) is 6.54 Å². The summed E-state index contributed by atoms with van der Waals surface area (Å²) in [6.07, 6.45) is 0. The minimum Gasteiger partial charge on any atom is -0.454 e. The van der Waals surface area contributed by atoms with Crippen LogP contribution in [0.3, 0.4) is 0 Å². The summed E-state index contributed by atoms with van der Waals surface area (Å²) >= 11 is 0. The van der Waals surface area contributed by atoms with E-state index in [0.29, 0.717) is 0 Å². The van der Waals surface area contributed by atoms with E-state index in [1.165, 1.54) is 31.3 Å². The molecule has 2 heterocycles. The number of non-ortho nitro benzene ring substituents is 1. The molecule has 0 saturated carbocycles. The highest BCUT2D eigenvalue weighted by Crippen LogP contribution is 2.24. The number of ether oxygens (including phenoxy) is 1. The van der Waals surface area contributed by atoms with Gasteiger partial charge in [-0.2, -0.15) is 0 Å². The standard InChI is InChI=1S/C20H14N4O9/c1-22-18(27)12-4-2-10(6-13(12)19(22)28)21-16(25)9-32-17(26)8-23-14-5-3-11(24(30)31)7-15(14)33-20(23)29/h2-7H,8-9H2,1H3,(H,21,25). The van der Waals surface area contributed by atoms with Crippen LogP contribution in [0.4, 0.5) is 11.4 Å². The average Bonchev–Trinajstić information content (AvgIpc) is 3.20. The van der Waals surface area contributed by atoms with Crippen LogP contribution in [-0.4, -0.2) is 51.7 Å². The first-order chi connectivity index (χ1) is 15.7. The van der Waals surface area contributed by atoms with E-state index >= 15 is 0 Å². The lowest BCUT2D eigenvalue weighted by molar-refractivity contribution is -0.384. The number of hydrogen-bond donors (Lipinski definition) is 1. The Bertz CT molecular complexity index is 1420. The zero-order valence-corrected chi connectivity index (χ0v) is 16.9. The Hall–Kier alpha value is -4.81. The summed E-state index contributed by atoms with van der Waals surface area (Å²) < 4.78 is 10.7. The number of nitro groups is 1. The monoisotopic (exact) mass is 454 g/mol. The maximum atomic E-state index is 12.1. The number of carbonyl (C=O) groups is 4. The van der Waals surface area contributed by atoms with Crippen LogP contribution < -0.4 is 11.1 Å². The van der Waals surface area contributed by atoms with Crippen molar-refractivity contribution in [3.63, 3.8) is 0 Å². The highest BCUT2D eigenvalue weighted by molar-refractivity contribution is 6.21. The molecule has 0 fully saturated rings. The van der Waals surface area contributed by atoms with E-state index in [-0.39, 0.29) is 33.6 Å². The van der Waals surface area contributed by atoms with Crippen molar-refractivity contribution in [3.05, 3.63) is 68.2 Å². The van der Waals surface area contributed by atoms with E-state index in [1.54, 1.807) is 0 Å². The third kappa shape index (κ3) is 3.94. The number of esters is 1. The van der Waals surface area contributed by atoms with Crippen LogP contribution in [0, 0.1) is 10.1 Å². The lowest BCUT2D eigenvalue weighted by Gasteiger charge is -2.08. The van der Waals surface area contributed by atoms with E-state index in [1.807, 2.05) is 0 Å². The van der Waals surface area contributed by atoms with Crippen molar-refractivity contribution in [2.45, 2.75) is 6.54 Å². The fraction of sp³-hybridized carbons (Fsp3) is 0.150. The Morgan fingerprint density at radius 3 is 2.55 bits per heavy atom.